The van der Waals surface area contributed by atoms with Crippen molar-refractivity contribution in [3.8, 4) is 0 Å². The average Bonchev–Trinajstić information content (AvgIpc) is 2.75. The molecule has 1 saturated carbocycles. The van der Waals surface area contributed by atoms with Crippen LogP contribution in [-0.2, 0) is 4.79 Å². The molecule has 3 atom stereocenters. The van der Waals surface area contributed by atoms with E-state index in [1.54, 1.807) is 0 Å². The summed E-state index contributed by atoms with van der Waals surface area (Å²) in [6.45, 7) is 0. The quantitative estimate of drug-likeness (QED) is 0.654. The van der Waals surface area contributed by atoms with Gasteiger partial charge in [0.05, 0.1) is 0 Å². The maximum atomic E-state index is 10.8. The lowest BCUT2D eigenvalue weighted by Crippen LogP contribution is -2.33. The molecule has 1 fully saturated rings. The number of allylic oxidation sites excluding steroid dienone is 2. The minimum absolute atomic E-state index is 0.243. The molecule has 78 valence electrons. The van der Waals surface area contributed by atoms with Crippen molar-refractivity contribution in [2.45, 2.75) is 31.7 Å². The van der Waals surface area contributed by atoms with Gasteiger partial charge in [0, 0.05) is 0 Å². The topological polar surface area (TPSA) is 63.3 Å². The molecule has 0 aromatic heterocycles. The molecule has 3 N–H and O–H groups in total. The van der Waals surface area contributed by atoms with Crippen LogP contribution in [0.1, 0.15) is 25.7 Å². The van der Waals surface area contributed by atoms with E-state index in [-0.39, 0.29) is 5.92 Å². The van der Waals surface area contributed by atoms with E-state index in [9.17, 15) is 4.79 Å². The lowest BCUT2D eigenvalue weighted by atomic mass is 10.1. The fraction of sp³-hybridized carbons (Fsp3) is 0.727. The van der Waals surface area contributed by atoms with Crippen LogP contribution >= 0.6 is 0 Å². The third-order valence-electron chi connectivity index (χ3n) is 3.60. The molecule has 0 spiro atoms. The summed E-state index contributed by atoms with van der Waals surface area (Å²) < 4.78 is 0. The Kier molecular flexibility index (Phi) is 2.59. The van der Waals surface area contributed by atoms with Gasteiger partial charge in [0.15, 0.2) is 0 Å². The highest BCUT2D eigenvalue weighted by molar-refractivity contribution is 5.74. The number of aliphatic carboxylic acids is 1. The van der Waals surface area contributed by atoms with E-state index in [1.165, 1.54) is 0 Å². The number of rotatable bonds is 2. The molecule has 0 bridgehead atoms. The Hall–Kier alpha value is -0.830. The van der Waals surface area contributed by atoms with Gasteiger partial charge in [-0.1, -0.05) is 12.2 Å². The summed E-state index contributed by atoms with van der Waals surface area (Å²) in [7, 11) is 0. The van der Waals surface area contributed by atoms with E-state index in [4.69, 9.17) is 10.8 Å². The molecule has 0 heterocycles. The van der Waals surface area contributed by atoms with Gasteiger partial charge in [-0.3, -0.25) is 4.79 Å². The first-order chi connectivity index (χ1) is 6.72. The molecule has 0 saturated heterocycles. The highest BCUT2D eigenvalue weighted by atomic mass is 16.4. The van der Waals surface area contributed by atoms with Gasteiger partial charge in [-0.15, -0.1) is 0 Å². The highest BCUT2D eigenvalue weighted by Gasteiger charge is 2.53. The Labute approximate surface area is 84.0 Å². The summed E-state index contributed by atoms with van der Waals surface area (Å²) in [4.78, 5) is 10.8. The van der Waals surface area contributed by atoms with Crippen LogP contribution in [-0.4, -0.2) is 17.1 Å². The molecule has 2 rings (SSSR count). The largest absolute Gasteiger partial charge is 0.480 e. The van der Waals surface area contributed by atoms with Crippen molar-refractivity contribution in [2.75, 3.05) is 0 Å². The van der Waals surface area contributed by atoms with Gasteiger partial charge in [-0.05, 0) is 43.4 Å². The molecule has 14 heavy (non-hydrogen) atoms. The van der Waals surface area contributed by atoms with Crippen molar-refractivity contribution in [1.29, 1.82) is 0 Å². The van der Waals surface area contributed by atoms with Gasteiger partial charge in [0.1, 0.15) is 6.04 Å². The van der Waals surface area contributed by atoms with Crippen molar-refractivity contribution < 1.29 is 9.90 Å². The minimum Gasteiger partial charge on any atom is -0.480 e. The van der Waals surface area contributed by atoms with E-state index >= 15 is 0 Å². The van der Waals surface area contributed by atoms with Gasteiger partial charge in [0.25, 0.3) is 0 Å². The first-order valence-electron chi connectivity index (χ1n) is 5.35. The highest BCUT2D eigenvalue weighted by Crippen LogP contribution is 2.54. The van der Waals surface area contributed by atoms with Crippen molar-refractivity contribution in [3.05, 3.63) is 12.2 Å². The maximum Gasteiger partial charge on any atom is 0.320 e. The average molecular weight is 195 g/mol. The molecule has 3 heteroatoms. The third-order valence-corrected chi connectivity index (χ3v) is 3.60. The van der Waals surface area contributed by atoms with Gasteiger partial charge in [-0.25, -0.2) is 0 Å². The zero-order valence-corrected chi connectivity index (χ0v) is 8.23. The molecular weight excluding hydrogens is 178 g/mol. The van der Waals surface area contributed by atoms with Crippen molar-refractivity contribution in [2.24, 2.45) is 23.5 Å². The number of hydrogen-bond donors (Lipinski definition) is 2. The van der Waals surface area contributed by atoms with E-state index in [0.717, 1.165) is 25.7 Å². The second-order valence-corrected chi connectivity index (χ2v) is 4.40. The summed E-state index contributed by atoms with van der Waals surface area (Å²) in [5.74, 6) is 0.555. The zero-order chi connectivity index (χ0) is 10.1. The molecule has 0 aromatic carbocycles. The number of nitrogens with two attached hydrogens (primary N) is 1. The Balaban J connectivity index is 1.96. The van der Waals surface area contributed by atoms with E-state index in [2.05, 4.69) is 12.2 Å². The second kappa shape index (κ2) is 3.73. The van der Waals surface area contributed by atoms with Crippen LogP contribution < -0.4 is 5.73 Å². The number of hydrogen-bond acceptors (Lipinski definition) is 2. The molecule has 2 aliphatic rings. The number of carboxylic acid groups (broad SMARTS) is 1. The zero-order valence-electron chi connectivity index (χ0n) is 8.23. The van der Waals surface area contributed by atoms with Gasteiger partial charge >= 0.3 is 5.97 Å². The molecule has 0 aliphatic heterocycles. The number of fused-ring (bicyclic) bond motifs is 1. The van der Waals surface area contributed by atoms with Crippen LogP contribution in [0.2, 0.25) is 0 Å². The molecule has 0 radical (unpaired) electrons. The Morgan fingerprint density at radius 2 is 1.79 bits per heavy atom. The summed E-state index contributed by atoms with van der Waals surface area (Å²) in [5.41, 5.74) is 5.66. The van der Waals surface area contributed by atoms with E-state index < -0.39 is 12.0 Å². The predicted octanol–water partition coefficient (Wildman–Crippen LogP) is 1.39. The minimum atomic E-state index is -0.838. The van der Waals surface area contributed by atoms with E-state index in [0.29, 0.717) is 11.8 Å². The van der Waals surface area contributed by atoms with Crippen LogP contribution in [0.3, 0.4) is 0 Å². The number of carbonyl (C=O) groups is 1. The second-order valence-electron chi connectivity index (χ2n) is 4.40. The predicted molar refractivity (Wildman–Crippen MR) is 53.7 cm³/mol. The molecule has 3 nitrogen and oxygen atoms in total. The standard InChI is InChI=1S/C11H17NO2/c12-10(11(13)14)9-7-5-3-1-2-4-6-8(7)9/h1-2,7-10H,3-6,12H2,(H,13,14)/b2-1-. The van der Waals surface area contributed by atoms with Crippen LogP contribution in [0.5, 0.6) is 0 Å². The van der Waals surface area contributed by atoms with Crippen LogP contribution in [0.25, 0.3) is 0 Å². The fourth-order valence-electron chi connectivity index (χ4n) is 2.80. The van der Waals surface area contributed by atoms with Crippen molar-refractivity contribution >= 4 is 5.97 Å². The Morgan fingerprint density at radius 3 is 2.21 bits per heavy atom. The molecular formula is C11H17NO2. The smallest absolute Gasteiger partial charge is 0.320 e. The van der Waals surface area contributed by atoms with E-state index in [1.807, 2.05) is 0 Å². The normalized spacial score (nSPS) is 40.2. The molecule has 0 amide bonds. The molecule has 2 aliphatic carbocycles. The first-order valence-corrected chi connectivity index (χ1v) is 5.35. The molecule has 3 unspecified atom stereocenters. The van der Waals surface area contributed by atoms with Gasteiger partial charge in [-0.2, -0.15) is 0 Å². The fourth-order valence-corrected chi connectivity index (χ4v) is 2.80. The van der Waals surface area contributed by atoms with Gasteiger partial charge in [0.2, 0.25) is 0 Å². The van der Waals surface area contributed by atoms with Crippen LogP contribution in [0, 0.1) is 17.8 Å². The third kappa shape index (κ3) is 1.69. The monoisotopic (exact) mass is 195 g/mol. The van der Waals surface area contributed by atoms with Crippen LogP contribution in [0.15, 0.2) is 12.2 Å². The number of carboxylic acids is 1. The summed E-state index contributed by atoms with van der Waals surface area (Å²) in [6.07, 6.45) is 8.82. The Bertz CT molecular complexity index is 246. The first kappa shape index (κ1) is 9.71. The summed E-state index contributed by atoms with van der Waals surface area (Å²) >= 11 is 0. The lowest BCUT2D eigenvalue weighted by molar-refractivity contribution is -0.139. The molecule has 0 aromatic rings. The van der Waals surface area contributed by atoms with Crippen molar-refractivity contribution in [1.82, 2.24) is 0 Å². The summed E-state index contributed by atoms with van der Waals surface area (Å²) in [6, 6.07) is -0.636. The van der Waals surface area contributed by atoms with Crippen LogP contribution in [0.4, 0.5) is 0 Å². The lowest BCUT2D eigenvalue weighted by Gasteiger charge is -2.04. The van der Waals surface area contributed by atoms with Crippen molar-refractivity contribution in [3.63, 3.8) is 0 Å². The SMILES string of the molecule is NC(C(=O)O)C1C2CC/C=C\CCC21. The maximum absolute atomic E-state index is 10.8. The summed E-state index contributed by atoms with van der Waals surface area (Å²) in [5, 5.41) is 8.84. The van der Waals surface area contributed by atoms with Gasteiger partial charge < -0.3 is 10.8 Å². The Morgan fingerprint density at radius 1 is 1.29 bits per heavy atom.